The summed E-state index contributed by atoms with van der Waals surface area (Å²) in [7, 11) is 0. The van der Waals surface area contributed by atoms with E-state index < -0.39 is 0 Å². The van der Waals surface area contributed by atoms with E-state index in [1.54, 1.807) is 24.3 Å². The van der Waals surface area contributed by atoms with Crippen LogP contribution in [0.5, 0.6) is 5.75 Å². The molecule has 0 unspecified atom stereocenters. The first kappa shape index (κ1) is 14.5. The number of unbranched alkanes of at least 4 members (excludes halogenated alkanes) is 1. The Bertz CT molecular complexity index is 523. The summed E-state index contributed by atoms with van der Waals surface area (Å²) in [5.41, 5.74) is 0. The second-order valence-corrected chi connectivity index (χ2v) is 4.68. The van der Waals surface area contributed by atoms with Gasteiger partial charge >= 0.3 is 0 Å². The van der Waals surface area contributed by atoms with Crippen LogP contribution in [0.1, 0.15) is 23.4 Å². The molecule has 0 saturated carbocycles. The maximum Gasteiger partial charge on any atom is 0.286 e. The highest BCUT2D eigenvalue weighted by molar-refractivity contribution is 6.30. The summed E-state index contributed by atoms with van der Waals surface area (Å²) in [5.74, 6) is 0.949. The standard InChI is InChI=1S/C15H16ClNO3/c16-12-5-7-13(8-6-12)19-10-2-1-9-17-15(18)14-4-3-11-20-14/h3-8,11H,1-2,9-10H2,(H,17,18). The molecule has 4 nitrogen and oxygen atoms in total. The molecule has 1 aromatic carbocycles. The minimum Gasteiger partial charge on any atom is -0.494 e. The Morgan fingerprint density at radius 1 is 1.20 bits per heavy atom. The Morgan fingerprint density at radius 2 is 2.00 bits per heavy atom. The predicted molar refractivity (Wildman–Crippen MR) is 77.2 cm³/mol. The summed E-state index contributed by atoms with van der Waals surface area (Å²) in [4.78, 5) is 11.5. The molecule has 20 heavy (non-hydrogen) atoms. The molecule has 2 rings (SSSR count). The zero-order valence-corrected chi connectivity index (χ0v) is 11.7. The Labute approximate surface area is 122 Å². The van der Waals surface area contributed by atoms with Crippen LogP contribution in [0.15, 0.2) is 47.1 Å². The van der Waals surface area contributed by atoms with Gasteiger partial charge in [-0.25, -0.2) is 0 Å². The van der Waals surface area contributed by atoms with E-state index in [0.29, 0.717) is 23.9 Å². The first-order chi connectivity index (χ1) is 9.75. The second kappa shape index (κ2) is 7.60. The number of amides is 1. The summed E-state index contributed by atoms with van der Waals surface area (Å²) in [5, 5.41) is 3.48. The van der Waals surface area contributed by atoms with E-state index in [-0.39, 0.29) is 5.91 Å². The van der Waals surface area contributed by atoms with Gasteiger partial charge in [-0.05, 0) is 49.2 Å². The number of benzene rings is 1. The molecule has 1 aromatic heterocycles. The molecule has 5 heteroatoms. The topological polar surface area (TPSA) is 51.5 Å². The molecule has 1 heterocycles. The fraction of sp³-hybridized carbons (Fsp3) is 0.267. The van der Waals surface area contributed by atoms with Crippen LogP contribution >= 0.6 is 11.6 Å². The van der Waals surface area contributed by atoms with Gasteiger partial charge in [-0.3, -0.25) is 4.79 Å². The van der Waals surface area contributed by atoms with Crippen LogP contribution in [-0.4, -0.2) is 19.1 Å². The van der Waals surface area contributed by atoms with Gasteiger partial charge in [-0.1, -0.05) is 11.6 Å². The van der Waals surface area contributed by atoms with E-state index in [1.807, 2.05) is 12.1 Å². The van der Waals surface area contributed by atoms with E-state index in [1.165, 1.54) is 6.26 Å². The van der Waals surface area contributed by atoms with E-state index in [4.69, 9.17) is 20.8 Å². The van der Waals surface area contributed by atoms with Gasteiger partial charge in [-0.2, -0.15) is 0 Å². The van der Waals surface area contributed by atoms with Crippen LogP contribution in [0.2, 0.25) is 5.02 Å². The van der Waals surface area contributed by atoms with Crippen molar-refractivity contribution in [2.75, 3.05) is 13.2 Å². The van der Waals surface area contributed by atoms with Crippen LogP contribution in [0, 0.1) is 0 Å². The van der Waals surface area contributed by atoms with Gasteiger partial charge in [0.25, 0.3) is 5.91 Å². The van der Waals surface area contributed by atoms with Crippen molar-refractivity contribution in [3.05, 3.63) is 53.4 Å². The third-order valence-corrected chi connectivity index (χ3v) is 2.94. The highest BCUT2D eigenvalue weighted by Gasteiger charge is 2.06. The Morgan fingerprint density at radius 3 is 2.70 bits per heavy atom. The monoisotopic (exact) mass is 293 g/mol. The number of hydrogen-bond acceptors (Lipinski definition) is 3. The largest absolute Gasteiger partial charge is 0.494 e. The molecule has 2 aromatic rings. The van der Waals surface area contributed by atoms with Gasteiger partial charge in [0.1, 0.15) is 5.75 Å². The van der Waals surface area contributed by atoms with Crippen molar-refractivity contribution < 1.29 is 13.9 Å². The third-order valence-electron chi connectivity index (χ3n) is 2.68. The summed E-state index contributed by atoms with van der Waals surface area (Å²) in [6.45, 7) is 1.21. The number of rotatable bonds is 7. The molecule has 0 aliphatic carbocycles. The van der Waals surface area contributed by atoms with Crippen molar-refractivity contribution >= 4 is 17.5 Å². The molecule has 0 radical (unpaired) electrons. The average Bonchev–Trinajstić information content (AvgIpc) is 2.98. The van der Waals surface area contributed by atoms with Crippen molar-refractivity contribution in [1.29, 1.82) is 0 Å². The lowest BCUT2D eigenvalue weighted by Gasteiger charge is -2.06. The normalized spacial score (nSPS) is 10.2. The van der Waals surface area contributed by atoms with Gasteiger partial charge in [-0.15, -0.1) is 0 Å². The Hall–Kier alpha value is -1.94. The van der Waals surface area contributed by atoms with Crippen molar-refractivity contribution in [1.82, 2.24) is 5.32 Å². The molecule has 1 N–H and O–H groups in total. The minimum absolute atomic E-state index is 0.186. The molecule has 0 bridgehead atoms. The average molecular weight is 294 g/mol. The maximum atomic E-state index is 11.5. The van der Waals surface area contributed by atoms with Crippen LogP contribution in [0.25, 0.3) is 0 Å². The Balaban J connectivity index is 1.56. The second-order valence-electron chi connectivity index (χ2n) is 4.24. The number of nitrogens with one attached hydrogen (secondary N) is 1. The number of furan rings is 1. The summed E-state index contributed by atoms with van der Waals surface area (Å²) >= 11 is 5.78. The first-order valence-corrected chi connectivity index (χ1v) is 6.83. The quantitative estimate of drug-likeness (QED) is 0.795. The fourth-order valence-corrected chi connectivity index (χ4v) is 1.77. The molecule has 0 aliphatic rings. The SMILES string of the molecule is O=C(NCCCCOc1ccc(Cl)cc1)c1ccco1. The molecule has 0 atom stereocenters. The van der Waals surface area contributed by atoms with E-state index in [2.05, 4.69) is 5.32 Å². The fourth-order valence-electron chi connectivity index (χ4n) is 1.64. The van der Waals surface area contributed by atoms with Gasteiger partial charge in [0.15, 0.2) is 5.76 Å². The molecular weight excluding hydrogens is 278 g/mol. The van der Waals surface area contributed by atoms with Crippen LogP contribution in [0.3, 0.4) is 0 Å². The molecule has 0 fully saturated rings. The molecule has 0 spiro atoms. The van der Waals surface area contributed by atoms with Crippen molar-refractivity contribution in [3.8, 4) is 5.75 Å². The lowest BCUT2D eigenvalue weighted by molar-refractivity contribution is 0.0924. The van der Waals surface area contributed by atoms with Crippen molar-refractivity contribution in [2.24, 2.45) is 0 Å². The zero-order valence-electron chi connectivity index (χ0n) is 11.0. The summed E-state index contributed by atoms with van der Waals surface area (Å²) < 4.78 is 10.5. The van der Waals surface area contributed by atoms with Gasteiger partial charge in [0.2, 0.25) is 0 Å². The molecule has 0 aliphatic heterocycles. The van der Waals surface area contributed by atoms with Crippen molar-refractivity contribution in [3.63, 3.8) is 0 Å². The number of carbonyl (C=O) groups excluding carboxylic acids is 1. The number of hydrogen-bond donors (Lipinski definition) is 1. The lowest BCUT2D eigenvalue weighted by atomic mass is 10.3. The van der Waals surface area contributed by atoms with Crippen molar-refractivity contribution in [2.45, 2.75) is 12.8 Å². The number of halogens is 1. The van der Waals surface area contributed by atoms with Gasteiger partial charge in [0.05, 0.1) is 12.9 Å². The highest BCUT2D eigenvalue weighted by atomic mass is 35.5. The summed E-state index contributed by atoms with van der Waals surface area (Å²) in [6.07, 6.45) is 3.19. The van der Waals surface area contributed by atoms with Crippen LogP contribution in [0.4, 0.5) is 0 Å². The minimum atomic E-state index is -0.186. The van der Waals surface area contributed by atoms with Gasteiger partial charge < -0.3 is 14.5 Å². The van der Waals surface area contributed by atoms with E-state index in [0.717, 1.165) is 18.6 Å². The number of ether oxygens (including phenoxy) is 1. The van der Waals surface area contributed by atoms with E-state index in [9.17, 15) is 4.79 Å². The third kappa shape index (κ3) is 4.63. The Kier molecular flexibility index (Phi) is 5.50. The molecule has 1 amide bonds. The first-order valence-electron chi connectivity index (χ1n) is 6.46. The van der Waals surface area contributed by atoms with Gasteiger partial charge in [0, 0.05) is 11.6 Å². The molecular formula is C15H16ClNO3. The maximum absolute atomic E-state index is 11.5. The van der Waals surface area contributed by atoms with E-state index >= 15 is 0 Å². The smallest absolute Gasteiger partial charge is 0.286 e. The zero-order chi connectivity index (χ0) is 14.2. The number of carbonyl (C=O) groups is 1. The predicted octanol–water partition coefficient (Wildman–Crippen LogP) is 3.52. The molecule has 106 valence electrons. The molecule has 0 saturated heterocycles. The van der Waals surface area contributed by atoms with Crippen LogP contribution in [-0.2, 0) is 0 Å². The van der Waals surface area contributed by atoms with Crippen LogP contribution < -0.4 is 10.1 Å². The lowest BCUT2D eigenvalue weighted by Crippen LogP contribution is -2.24. The highest BCUT2D eigenvalue weighted by Crippen LogP contribution is 2.15. The summed E-state index contributed by atoms with van der Waals surface area (Å²) in [6, 6.07) is 10.6.